The quantitative estimate of drug-likeness (QED) is 0.590. The van der Waals surface area contributed by atoms with E-state index in [-0.39, 0.29) is 11.1 Å². The number of pyridine rings is 1. The summed E-state index contributed by atoms with van der Waals surface area (Å²) in [6.45, 7) is 2.05. The Balaban J connectivity index is 0.000000399. The van der Waals surface area contributed by atoms with Gasteiger partial charge in [-0.3, -0.25) is 9.54 Å². The number of aryl methyl sites for hydroxylation is 1. The van der Waals surface area contributed by atoms with Crippen molar-refractivity contribution < 1.29 is 13.0 Å². The molecule has 0 aromatic carbocycles. The van der Waals surface area contributed by atoms with Crippen LogP contribution in [0.3, 0.4) is 0 Å². The van der Waals surface area contributed by atoms with Crippen LogP contribution in [0.25, 0.3) is 0 Å². The van der Waals surface area contributed by atoms with Gasteiger partial charge in [0.2, 0.25) is 0 Å². The van der Waals surface area contributed by atoms with E-state index in [0.717, 1.165) is 18.5 Å². The maximum absolute atomic E-state index is 9.19. The molecule has 1 aliphatic carbocycles. The molecule has 136 valence electrons. The molecule has 0 amide bonds. The molecule has 2 heterocycles. The van der Waals surface area contributed by atoms with Crippen molar-refractivity contribution in [3.05, 3.63) is 29.6 Å². The number of rotatable bonds is 3. The largest absolute Gasteiger partial charge is 0.305 e. The Hall–Kier alpha value is -1.26. The molecule has 7 nitrogen and oxygen atoms in total. The molecule has 3 N–H and O–H groups in total. The Morgan fingerprint density at radius 2 is 2.04 bits per heavy atom. The maximum Gasteiger partial charge on any atom is 0.261 e. The van der Waals surface area contributed by atoms with Crippen LogP contribution in [0.5, 0.6) is 0 Å². The first-order valence-corrected chi connectivity index (χ1v) is 10.2. The molecule has 1 fully saturated rings. The summed E-state index contributed by atoms with van der Waals surface area (Å²) >= 11 is 11.2. The van der Waals surface area contributed by atoms with Gasteiger partial charge in [0.1, 0.15) is 17.2 Å². The van der Waals surface area contributed by atoms with Crippen LogP contribution in [0, 0.1) is 12.8 Å². The Bertz CT molecular complexity index is 827. The van der Waals surface area contributed by atoms with E-state index >= 15 is 0 Å². The second kappa shape index (κ2) is 7.96. The lowest BCUT2D eigenvalue weighted by atomic mass is 9.96. The molecular weight excluding hydrogens is 384 g/mol. The summed E-state index contributed by atoms with van der Waals surface area (Å²) in [6, 6.07) is 4.06. The van der Waals surface area contributed by atoms with Gasteiger partial charge in [0.05, 0.1) is 22.7 Å². The minimum atomic E-state index is -3.67. The van der Waals surface area contributed by atoms with Crippen LogP contribution in [0.1, 0.15) is 30.0 Å². The van der Waals surface area contributed by atoms with Gasteiger partial charge in [-0.1, -0.05) is 23.8 Å². The molecule has 0 saturated heterocycles. The van der Waals surface area contributed by atoms with E-state index in [9.17, 15) is 8.42 Å². The van der Waals surface area contributed by atoms with E-state index in [1.165, 1.54) is 5.56 Å². The first kappa shape index (κ1) is 20.1. The van der Waals surface area contributed by atoms with E-state index < -0.39 is 16.3 Å². The Morgan fingerprint density at radius 3 is 2.52 bits per heavy atom. The zero-order valence-electron chi connectivity index (χ0n) is 13.8. The number of amidine groups is 1. The molecule has 1 aromatic rings. The van der Waals surface area contributed by atoms with E-state index in [4.69, 9.17) is 34.1 Å². The van der Waals surface area contributed by atoms with Crippen molar-refractivity contribution in [2.45, 2.75) is 31.8 Å². The summed E-state index contributed by atoms with van der Waals surface area (Å²) < 4.78 is 25.9. The van der Waals surface area contributed by atoms with Crippen LogP contribution in [0.15, 0.2) is 28.3 Å². The monoisotopic (exact) mass is 402 g/mol. The fourth-order valence-corrected chi connectivity index (χ4v) is 2.70. The lowest BCUT2D eigenvalue weighted by Gasteiger charge is -2.21. The van der Waals surface area contributed by atoms with Crippen LogP contribution in [-0.2, 0) is 10.1 Å². The highest BCUT2D eigenvalue weighted by Gasteiger charge is 2.38. The molecule has 2 aliphatic rings. The average molecular weight is 403 g/mol. The van der Waals surface area contributed by atoms with Gasteiger partial charge in [-0.25, -0.2) is 9.98 Å². The number of hydrogen-bond acceptors (Lipinski definition) is 7. The van der Waals surface area contributed by atoms with E-state index in [1.54, 1.807) is 0 Å². The molecule has 1 aliphatic heterocycles. The van der Waals surface area contributed by atoms with Crippen LogP contribution >= 0.6 is 23.8 Å². The van der Waals surface area contributed by atoms with Crippen molar-refractivity contribution in [3.63, 3.8) is 0 Å². The highest BCUT2D eigenvalue weighted by atomic mass is 35.5. The smallest absolute Gasteiger partial charge is 0.261 e. The third-order valence-corrected chi connectivity index (χ3v) is 4.42. The summed E-state index contributed by atoms with van der Waals surface area (Å²) in [7, 11) is -3.67. The van der Waals surface area contributed by atoms with Crippen LogP contribution in [-0.4, -0.2) is 46.2 Å². The van der Waals surface area contributed by atoms with Gasteiger partial charge >= 0.3 is 0 Å². The molecule has 0 spiro atoms. The van der Waals surface area contributed by atoms with Gasteiger partial charge < -0.3 is 5.73 Å². The average Bonchev–Trinajstić information content (AvgIpc) is 3.28. The number of nitrogens with zero attached hydrogens (tertiary/aromatic N) is 3. The second-order valence-corrected chi connectivity index (χ2v) is 8.27. The molecule has 10 heteroatoms. The SMILES string of the molecule is CS(=O)(=O)O.Cc1ccnc(C(C2=NC(N)C(=S)C(Cl)=N2)C2CC2)c1. The lowest BCUT2D eigenvalue weighted by molar-refractivity contribution is 0.490. The van der Waals surface area contributed by atoms with Gasteiger partial charge in [0, 0.05) is 6.20 Å². The molecule has 1 aromatic heterocycles. The molecule has 2 atom stereocenters. The summed E-state index contributed by atoms with van der Waals surface area (Å²) in [5, 5.41) is 0.288. The number of aliphatic imine (C=N–C) groups is 2. The Morgan fingerprint density at radius 1 is 1.44 bits per heavy atom. The fourth-order valence-electron chi connectivity index (χ4n) is 2.40. The van der Waals surface area contributed by atoms with E-state index in [1.807, 2.05) is 12.3 Å². The third kappa shape index (κ3) is 6.19. The number of hydrogen-bond donors (Lipinski definition) is 2. The maximum atomic E-state index is 9.19. The third-order valence-electron chi connectivity index (χ3n) is 3.58. The van der Waals surface area contributed by atoms with Crippen molar-refractivity contribution in [1.82, 2.24) is 4.98 Å². The first-order valence-electron chi connectivity index (χ1n) is 7.53. The molecular formula is C15H19ClN4O3S2. The number of halogens is 1. The molecule has 25 heavy (non-hydrogen) atoms. The molecule has 2 unspecified atom stereocenters. The molecule has 0 radical (unpaired) electrons. The summed E-state index contributed by atoms with van der Waals surface area (Å²) in [4.78, 5) is 13.7. The fraction of sp³-hybridized carbons (Fsp3) is 0.467. The van der Waals surface area contributed by atoms with Crippen molar-refractivity contribution >= 4 is 49.8 Å². The van der Waals surface area contributed by atoms with Gasteiger partial charge in [0.15, 0.2) is 0 Å². The van der Waals surface area contributed by atoms with Crippen molar-refractivity contribution in [1.29, 1.82) is 0 Å². The van der Waals surface area contributed by atoms with Crippen molar-refractivity contribution in [3.8, 4) is 0 Å². The second-order valence-electron chi connectivity index (χ2n) is 6.01. The van der Waals surface area contributed by atoms with Gasteiger partial charge in [-0.2, -0.15) is 8.42 Å². The topological polar surface area (TPSA) is 118 Å². The minimum absolute atomic E-state index is 0.0674. The molecule has 3 rings (SSSR count). The summed E-state index contributed by atoms with van der Waals surface area (Å²) in [6.07, 6.45) is 4.28. The molecule has 0 bridgehead atoms. The predicted octanol–water partition coefficient (Wildman–Crippen LogP) is 2.09. The molecule has 1 saturated carbocycles. The zero-order valence-corrected chi connectivity index (χ0v) is 16.1. The van der Waals surface area contributed by atoms with Crippen LogP contribution < -0.4 is 5.73 Å². The Labute approximate surface area is 157 Å². The standard InChI is InChI=1S/C14H15ClN4S.CH4O3S/c1-7-4-5-17-9(6-7)10(8-2-3-8)14-18-12(15)11(20)13(16)19-14;1-5(2,3)4/h4-6,8,10,13H,2-3,16H2,1H3;1H3,(H,2,3,4). The normalized spacial score (nSPS) is 21.6. The van der Waals surface area contributed by atoms with Gasteiger partial charge in [-0.05, 0) is 43.4 Å². The van der Waals surface area contributed by atoms with E-state index in [0.29, 0.717) is 22.9 Å². The highest BCUT2D eigenvalue weighted by Crippen LogP contribution is 2.43. The van der Waals surface area contributed by atoms with Crippen LogP contribution in [0.2, 0.25) is 0 Å². The van der Waals surface area contributed by atoms with Gasteiger partial charge in [-0.15, -0.1) is 0 Å². The van der Waals surface area contributed by atoms with Crippen LogP contribution in [0.4, 0.5) is 0 Å². The summed E-state index contributed by atoms with van der Waals surface area (Å²) in [5.74, 6) is 1.25. The number of nitrogens with two attached hydrogens (primary N) is 1. The lowest BCUT2D eigenvalue weighted by Crippen LogP contribution is -2.37. The van der Waals surface area contributed by atoms with E-state index in [2.05, 4.69) is 28.0 Å². The predicted molar refractivity (Wildman–Crippen MR) is 103 cm³/mol. The number of thiocarbonyl (C=S) groups is 1. The zero-order chi connectivity index (χ0) is 18.8. The highest BCUT2D eigenvalue weighted by molar-refractivity contribution is 7.85. The van der Waals surface area contributed by atoms with Crippen molar-refractivity contribution in [2.75, 3.05) is 6.26 Å². The minimum Gasteiger partial charge on any atom is -0.305 e. The van der Waals surface area contributed by atoms with Crippen molar-refractivity contribution in [2.24, 2.45) is 21.6 Å². The Kier molecular flexibility index (Phi) is 6.39. The van der Waals surface area contributed by atoms with Gasteiger partial charge in [0.25, 0.3) is 10.1 Å². The number of aromatic nitrogens is 1. The first-order chi connectivity index (χ1) is 11.6. The summed E-state index contributed by atoms with van der Waals surface area (Å²) in [5.41, 5.74) is 8.07.